The number of rotatable bonds is 5. The second-order valence-electron chi connectivity index (χ2n) is 3.54. The van der Waals surface area contributed by atoms with Crippen molar-refractivity contribution in [1.29, 1.82) is 0 Å². The maximum absolute atomic E-state index is 10.9. The Hall–Kier alpha value is -2.01. The first-order chi connectivity index (χ1) is 8.72. The van der Waals surface area contributed by atoms with Gasteiger partial charge in [0.25, 0.3) is 0 Å². The van der Waals surface area contributed by atoms with Crippen molar-refractivity contribution in [3.8, 4) is 0 Å². The first kappa shape index (κ1) is 12.4. The number of aliphatic carboxylic acids is 1. The Bertz CT molecular complexity index is 589. The normalized spacial score (nSPS) is 11.5. The number of benzene rings is 1. The molecular weight excluding hydrogens is 250 g/mol. The third-order valence-corrected chi connectivity index (χ3v) is 3.31. The summed E-state index contributed by atoms with van der Waals surface area (Å²) in [6.45, 7) is 2.07. The molecule has 0 aliphatic carbocycles. The Morgan fingerprint density at radius 1 is 1.50 bits per heavy atom. The van der Waals surface area contributed by atoms with E-state index in [4.69, 9.17) is 9.84 Å². The number of nitrogens with one attached hydrogen (secondary N) is 1. The van der Waals surface area contributed by atoms with Crippen LogP contribution in [0.1, 0.15) is 6.92 Å². The number of thiophene rings is 1. The predicted octanol–water partition coefficient (Wildman–Crippen LogP) is 3.28. The Kier molecular flexibility index (Phi) is 3.84. The molecule has 0 saturated carbocycles. The van der Waals surface area contributed by atoms with E-state index < -0.39 is 5.97 Å². The van der Waals surface area contributed by atoms with E-state index in [1.165, 1.54) is 6.20 Å². The van der Waals surface area contributed by atoms with Crippen LogP contribution < -0.4 is 5.32 Å². The maximum atomic E-state index is 10.9. The van der Waals surface area contributed by atoms with Gasteiger partial charge in [0.15, 0.2) is 0 Å². The van der Waals surface area contributed by atoms with Crippen molar-refractivity contribution >= 4 is 33.1 Å². The molecule has 0 bridgehead atoms. The first-order valence-electron chi connectivity index (χ1n) is 5.51. The van der Waals surface area contributed by atoms with Crippen LogP contribution >= 0.6 is 11.3 Å². The van der Waals surface area contributed by atoms with Crippen LogP contribution in [0.15, 0.2) is 41.6 Å². The highest BCUT2D eigenvalue weighted by Crippen LogP contribution is 2.29. The molecule has 0 amide bonds. The summed E-state index contributed by atoms with van der Waals surface area (Å²) in [4.78, 5) is 10.9. The second kappa shape index (κ2) is 5.55. The average molecular weight is 263 g/mol. The summed E-state index contributed by atoms with van der Waals surface area (Å²) in [7, 11) is 0. The highest BCUT2D eigenvalue weighted by Gasteiger charge is 2.08. The fraction of sp³-hybridized carbons (Fsp3) is 0.154. The molecule has 0 spiro atoms. The summed E-state index contributed by atoms with van der Waals surface area (Å²) >= 11 is 1.61. The van der Waals surface area contributed by atoms with Crippen LogP contribution in [0.4, 0.5) is 5.69 Å². The van der Waals surface area contributed by atoms with Crippen LogP contribution in [0.2, 0.25) is 0 Å². The summed E-state index contributed by atoms with van der Waals surface area (Å²) < 4.78 is 6.17. The minimum atomic E-state index is -1.08. The number of fused-ring (bicyclic) bond motifs is 1. The number of carboxylic acids is 1. The van der Waals surface area contributed by atoms with Gasteiger partial charge in [-0.15, -0.1) is 11.3 Å². The predicted molar refractivity (Wildman–Crippen MR) is 72.8 cm³/mol. The molecule has 0 fully saturated rings. The zero-order chi connectivity index (χ0) is 13.0. The summed E-state index contributed by atoms with van der Waals surface area (Å²) in [6, 6.07) is 7.94. The molecule has 5 heteroatoms. The van der Waals surface area contributed by atoms with Crippen molar-refractivity contribution < 1.29 is 14.6 Å². The van der Waals surface area contributed by atoms with Gasteiger partial charge in [-0.2, -0.15) is 0 Å². The van der Waals surface area contributed by atoms with E-state index in [0.717, 1.165) is 15.8 Å². The van der Waals surface area contributed by atoms with Gasteiger partial charge in [-0.25, -0.2) is 4.79 Å². The van der Waals surface area contributed by atoms with E-state index in [2.05, 4.69) is 5.32 Å². The molecule has 2 rings (SSSR count). The Morgan fingerprint density at radius 2 is 2.28 bits per heavy atom. The summed E-state index contributed by atoms with van der Waals surface area (Å²) in [6.07, 6.45) is 1.38. The van der Waals surface area contributed by atoms with Crippen LogP contribution in [0.25, 0.3) is 10.1 Å². The Labute approximate surface area is 109 Å². The van der Waals surface area contributed by atoms with E-state index in [1.807, 2.05) is 29.6 Å². The van der Waals surface area contributed by atoms with Crippen molar-refractivity contribution in [2.24, 2.45) is 0 Å². The number of carbonyl (C=O) groups is 1. The molecule has 0 radical (unpaired) electrons. The van der Waals surface area contributed by atoms with Crippen LogP contribution in [0, 0.1) is 0 Å². The lowest BCUT2D eigenvalue weighted by molar-refractivity contribution is -0.136. The molecule has 0 saturated heterocycles. The minimum absolute atomic E-state index is 0.0900. The van der Waals surface area contributed by atoms with E-state index in [9.17, 15) is 4.79 Å². The van der Waals surface area contributed by atoms with Crippen molar-refractivity contribution in [3.63, 3.8) is 0 Å². The molecule has 18 heavy (non-hydrogen) atoms. The quantitative estimate of drug-likeness (QED) is 0.642. The van der Waals surface area contributed by atoms with Crippen molar-refractivity contribution in [2.45, 2.75) is 6.92 Å². The smallest absolute Gasteiger partial charge is 0.372 e. The Morgan fingerprint density at radius 3 is 3.00 bits per heavy atom. The van der Waals surface area contributed by atoms with Gasteiger partial charge in [0.2, 0.25) is 5.76 Å². The van der Waals surface area contributed by atoms with Gasteiger partial charge in [-0.1, -0.05) is 18.2 Å². The van der Waals surface area contributed by atoms with Crippen LogP contribution in [-0.2, 0) is 9.53 Å². The fourth-order valence-corrected chi connectivity index (χ4v) is 2.46. The summed E-state index contributed by atoms with van der Waals surface area (Å²) in [5, 5.41) is 14.9. The summed E-state index contributed by atoms with van der Waals surface area (Å²) in [5.41, 5.74) is 0.883. The molecular formula is C13H13NO3S. The zero-order valence-electron chi connectivity index (χ0n) is 9.84. The summed E-state index contributed by atoms with van der Waals surface area (Å²) in [5.74, 6) is -1.17. The largest absolute Gasteiger partial charge is 0.486 e. The lowest BCUT2D eigenvalue weighted by atomic mass is 10.2. The minimum Gasteiger partial charge on any atom is -0.486 e. The van der Waals surface area contributed by atoms with Crippen molar-refractivity contribution in [3.05, 3.63) is 41.6 Å². The molecule has 0 aliphatic rings. The average Bonchev–Trinajstić information content (AvgIpc) is 2.77. The van der Waals surface area contributed by atoms with Crippen molar-refractivity contribution in [2.75, 3.05) is 11.9 Å². The number of anilines is 1. The monoisotopic (exact) mass is 263 g/mol. The third-order valence-electron chi connectivity index (χ3n) is 2.35. The van der Waals surface area contributed by atoms with Crippen LogP contribution in [-0.4, -0.2) is 17.7 Å². The highest BCUT2D eigenvalue weighted by molar-refractivity contribution is 7.17. The number of carboxylic acid groups (broad SMARTS) is 1. The molecule has 1 aromatic heterocycles. The van der Waals surface area contributed by atoms with Gasteiger partial charge in [-0.05, 0) is 13.0 Å². The number of hydrogen-bond donors (Lipinski definition) is 2. The molecule has 0 aliphatic heterocycles. The molecule has 94 valence electrons. The van der Waals surface area contributed by atoms with Crippen LogP contribution in [0.5, 0.6) is 0 Å². The molecule has 0 atom stereocenters. The third kappa shape index (κ3) is 2.62. The van der Waals surface area contributed by atoms with E-state index in [0.29, 0.717) is 6.61 Å². The van der Waals surface area contributed by atoms with Gasteiger partial charge >= 0.3 is 5.97 Å². The molecule has 1 aromatic carbocycles. The van der Waals surface area contributed by atoms with Crippen LogP contribution in [0.3, 0.4) is 0 Å². The maximum Gasteiger partial charge on any atom is 0.372 e. The van der Waals surface area contributed by atoms with Crippen molar-refractivity contribution in [1.82, 2.24) is 0 Å². The van der Waals surface area contributed by atoms with Gasteiger partial charge < -0.3 is 15.2 Å². The molecule has 2 aromatic rings. The molecule has 0 unspecified atom stereocenters. The number of hydrogen-bond acceptors (Lipinski definition) is 4. The standard InChI is InChI=1S/C13H13NO3S/c1-2-17-11(13(15)16)7-14-10-8-18-12-6-4-3-5-9(10)12/h3-8,14H,2H2,1H3,(H,15,16). The van der Waals surface area contributed by atoms with Gasteiger partial charge in [-0.3, -0.25) is 0 Å². The SMILES string of the molecule is CCOC(=CNc1csc2ccccc12)C(=O)O. The van der Waals surface area contributed by atoms with E-state index in [-0.39, 0.29) is 5.76 Å². The topological polar surface area (TPSA) is 58.6 Å². The molecule has 4 nitrogen and oxygen atoms in total. The lowest BCUT2D eigenvalue weighted by Crippen LogP contribution is -2.07. The highest BCUT2D eigenvalue weighted by atomic mass is 32.1. The molecule has 1 heterocycles. The Balaban J connectivity index is 2.23. The first-order valence-corrected chi connectivity index (χ1v) is 6.39. The zero-order valence-corrected chi connectivity index (χ0v) is 10.7. The van der Waals surface area contributed by atoms with E-state index >= 15 is 0 Å². The van der Waals surface area contributed by atoms with Gasteiger partial charge in [0.05, 0.1) is 18.5 Å². The molecule has 2 N–H and O–H groups in total. The fourth-order valence-electron chi connectivity index (χ4n) is 1.55. The lowest BCUT2D eigenvalue weighted by Gasteiger charge is -2.04. The van der Waals surface area contributed by atoms with Gasteiger partial charge in [0, 0.05) is 15.5 Å². The number of ether oxygens (including phenoxy) is 1. The second-order valence-corrected chi connectivity index (χ2v) is 4.45. The van der Waals surface area contributed by atoms with Gasteiger partial charge in [0.1, 0.15) is 0 Å². The van der Waals surface area contributed by atoms with E-state index in [1.54, 1.807) is 18.3 Å².